The van der Waals surface area contributed by atoms with Crippen molar-refractivity contribution >= 4 is 60.3 Å². The van der Waals surface area contributed by atoms with Gasteiger partial charge in [0, 0.05) is 12.2 Å². The van der Waals surface area contributed by atoms with Crippen LogP contribution in [0.2, 0.25) is 77.6 Å². The van der Waals surface area contributed by atoms with Crippen molar-refractivity contribution in [3.63, 3.8) is 0 Å². The molecule has 0 atom stereocenters. The third kappa shape index (κ3) is 19.9. The van der Waals surface area contributed by atoms with Crippen LogP contribution in [0.5, 0.6) is 0 Å². The largest absolute Gasteiger partial charge is 0.460 e. The maximum atomic E-state index is 12.5. The number of carbonyl (C=O) groups is 3. The molecule has 1 amide bonds. The van der Waals surface area contributed by atoms with Crippen molar-refractivity contribution in [2.24, 2.45) is 0 Å². The minimum Gasteiger partial charge on any atom is -0.460 e. The SMILES string of the molecule is C=CC(=O)OCC(C)(COC(=O)C=C)NC(=O)OCCC[Si](C)(C)O[Si](C)(C)O[Si](C)(C)O[Si](C)(C)O[Si](C)(C)CCCC. The first-order valence-electron chi connectivity index (χ1n) is 15.2. The van der Waals surface area contributed by atoms with Gasteiger partial charge in [-0.2, -0.15) is 0 Å². The molecule has 0 aliphatic heterocycles. The summed E-state index contributed by atoms with van der Waals surface area (Å²) in [6.45, 7) is 31.4. The Bertz CT molecular complexity index is 948. The van der Waals surface area contributed by atoms with E-state index >= 15 is 0 Å². The average Bonchev–Trinajstić information content (AvgIpc) is 2.84. The molecule has 0 aromatic rings. The second-order valence-electron chi connectivity index (χ2n) is 13.8. The Kier molecular flexibility index (Phi) is 17.5. The lowest BCUT2D eigenvalue weighted by atomic mass is 10.1. The molecule has 0 saturated heterocycles. The summed E-state index contributed by atoms with van der Waals surface area (Å²) >= 11 is 0. The minimum absolute atomic E-state index is 0.154. The molecule has 1 N–H and O–H groups in total. The normalized spacial score (nSPS) is 13.2. The fourth-order valence-corrected chi connectivity index (χ4v) is 29.7. The van der Waals surface area contributed by atoms with Crippen LogP contribution in [0, 0.1) is 0 Å². The number of ether oxygens (including phenoxy) is 3. The molecule has 0 saturated carbocycles. The third-order valence-electron chi connectivity index (χ3n) is 6.12. The number of hydrogen-bond acceptors (Lipinski definition) is 10. The summed E-state index contributed by atoms with van der Waals surface area (Å²) in [5, 5.41) is 2.63. The molecule has 0 spiro atoms. The molecule has 0 fully saturated rings. The van der Waals surface area contributed by atoms with Crippen LogP contribution in [0.1, 0.15) is 33.1 Å². The zero-order chi connectivity index (χ0) is 34.5. The van der Waals surface area contributed by atoms with Crippen LogP contribution >= 0.6 is 0 Å². The van der Waals surface area contributed by atoms with Crippen LogP contribution in [0.15, 0.2) is 25.3 Å². The van der Waals surface area contributed by atoms with Crippen molar-refractivity contribution in [1.29, 1.82) is 0 Å². The van der Waals surface area contributed by atoms with Crippen LogP contribution in [0.25, 0.3) is 0 Å². The highest BCUT2D eigenvalue weighted by atomic mass is 28.5. The highest BCUT2D eigenvalue weighted by molar-refractivity contribution is 6.90. The monoisotopic (exact) mass is 709 g/mol. The zero-order valence-electron chi connectivity index (χ0n) is 29.3. The van der Waals surface area contributed by atoms with Crippen molar-refractivity contribution in [2.75, 3.05) is 19.8 Å². The van der Waals surface area contributed by atoms with Crippen LogP contribution < -0.4 is 5.32 Å². The second-order valence-corrected chi connectivity index (χ2v) is 33.5. The average molecular weight is 710 g/mol. The Morgan fingerprint density at radius 2 is 1.05 bits per heavy atom. The fraction of sp³-hybridized carbons (Fsp3) is 0.750. The number of alkyl carbamates (subject to hydrolysis) is 1. The minimum atomic E-state index is -2.55. The molecular formula is C28H59NO10Si5. The Balaban J connectivity index is 5.00. The number of esters is 2. The van der Waals surface area contributed by atoms with Gasteiger partial charge in [-0.25, -0.2) is 14.4 Å². The number of unbranched alkanes of at least 4 members (excludes halogenated alkanes) is 1. The lowest BCUT2D eigenvalue weighted by molar-refractivity contribution is -0.144. The number of nitrogens with one attached hydrogen (secondary N) is 1. The first kappa shape index (κ1) is 42.6. The van der Waals surface area contributed by atoms with Gasteiger partial charge in [0.25, 0.3) is 0 Å². The van der Waals surface area contributed by atoms with E-state index < -0.39 is 65.9 Å². The third-order valence-corrected chi connectivity index (χ3v) is 25.5. The molecule has 0 aliphatic carbocycles. The number of amides is 1. The lowest BCUT2D eigenvalue weighted by Gasteiger charge is -2.42. The highest BCUT2D eigenvalue weighted by Crippen LogP contribution is 2.28. The van der Waals surface area contributed by atoms with Crippen LogP contribution in [-0.2, 0) is 40.3 Å². The quantitative estimate of drug-likeness (QED) is 0.0426. The molecule has 16 heteroatoms. The van der Waals surface area contributed by atoms with Crippen LogP contribution in [0.3, 0.4) is 0 Å². The summed E-state index contributed by atoms with van der Waals surface area (Å²) in [7, 11) is -11.5. The highest BCUT2D eigenvalue weighted by Gasteiger charge is 2.45. The van der Waals surface area contributed by atoms with E-state index in [1.165, 1.54) is 6.42 Å². The summed E-state index contributed by atoms with van der Waals surface area (Å²) < 4.78 is 42.1. The molecule has 0 unspecified atom stereocenters. The summed E-state index contributed by atoms with van der Waals surface area (Å²) in [6, 6.07) is 1.87. The van der Waals surface area contributed by atoms with E-state index in [2.05, 4.69) is 90.9 Å². The maximum Gasteiger partial charge on any atom is 0.407 e. The van der Waals surface area contributed by atoms with Crippen molar-refractivity contribution in [2.45, 2.75) is 116 Å². The van der Waals surface area contributed by atoms with Gasteiger partial charge in [0.15, 0.2) is 16.6 Å². The second kappa shape index (κ2) is 18.1. The summed E-state index contributed by atoms with van der Waals surface area (Å²) in [6.07, 6.45) is 4.20. The first-order valence-corrected chi connectivity index (χ1v) is 29.9. The van der Waals surface area contributed by atoms with Gasteiger partial charge in [-0.15, -0.1) is 0 Å². The zero-order valence-corrected chi connectivity index (χ0v) is 34.3. The molecule has 11 nitrogen and oxygen atoms in total. The maximum absolute atomic E-state index is 12.5. The molecule has 0 rings (SSSR count). The van der Waals surface area contributed by atoms with Gasteiger partial charge in [-0.05, 0) is 90.9 Å². The van der Waals surface area contributed by atoms with E-state index in [1.54, 1.807) is 6.92 Å². The van der Waals surface area contributed by atoms with Gasteiger partial charge in [-0.3, -0.25) is 0 Å². The Morgan fingerprint density at radius 3 is 1.43 bits per heavy atom. The number of hydrogen-bond donors (Lipinski definition) is 1. The van der Waals surface area contributed by atoms with Gasteiger partial charge in [0.2, 0.25) is 0 Å². The summed E-state index contributed by atoms with van der Waals surface area (Å²) in [4.78, 5) is 35.6. The van der Waals surface area contributed by atoms with Crippen molar-refractivity contribution in [1.82, 2.24) is 5.32 Å². The number of rotatable bonds is 22. The Labute approximate surface area is 271 Å². The van der Waals surface area contributed by atoms with Gasteiger partial charge in [-0.1, -0.05) is 32.9 Å². The van der Waals surface area contributed by atoms with Gasteiger partial charge in [0.1, 0.15) is 18.8 Å². The molecule has 0 radical (unpaired) electrons. The molecule has 256 valence electrons. The van der Waals surface area contributed by atoms with Crippen molar-refractivity contribution in [3.05, 3.63) is 25.3 Å². The van der Waals surface area contributed by atoms with Gasteiger partial charge >= 0.3 is 43.7 Å². The molecular weight excluding hydrogens is 651 g/mol. The summed E-state index contributed by atoms with van der Waals surface area (Å²) in [5.41, 5.74) is -1.22. The van der Waals surface area contributed by atoms with E-state index in [1.807, 2.05) is 0 Å². The van der Waals surface area contributed by atoms with E-state index in [4.69, 9.17) is 30.7 Å². The van der Waals surface area contributed by atoms with Crippen molar-refractivity contribution < 1.29 is 45.1 Å². The van der Waals surface area contributed by atoms with E-state index in [-0.39, 0.29) is 19.8 Å². The summed E-state index contributed by atoms with van der Waals surface area (Å²) in [5.74, 6) is -1.34. The predicted octanol–water partition coefficient (Wildman–Crippen LogP) is 6.70. The predicted molar refractivity (Wildman–Crippen MR) is 186 cm³/mol. The van der Waals surface area contributed by atoms with Gasteiger partial charge < -0.3 is 36.0 Å². The molecule has 0 heterocycles. The van der Waals surface area contributed by atoms with E-state index in [0.717, 1.165) is 30.7 Å². The molecule has 0 aromatic carbocycles. The number of carbonyl (C=O) groups excluding carboxylic acids is 3. The molecule has 0 bridgehead atoms. The Hall–Kier alpha value is -1.39. The Morgan fingerprint density at radius 1 is 0.659 bits per heavy atom. The van der Waals surface area contributed by atoms with Gasteiger partial charge in [0.05, 0.1) is 6.61 Å². The fourth-order valence-electron chi connectivity index (χ4n) is 4.92. The smallest absolute Gasteiger partial charge is 0.407 e. The van der Waals surface area contributed by atoms with E-state index in [0.29, 0.717) is 6.42 Å². The van der Waals surface area contributed by atoms with Crippen molar-refractivity contribution in [3.8, 4) is 0 Å². The van der Waals surface area contributed by atoms with Crippen LogP contribution in [-0.4, -0.2) is 85.7 Å². The first-order chi connectivity index (χ1) is 19.9. The molecule has 0 aromatic heterocycles. The molecule has 44 heavy (non-hydrogen) atoms. The van der Waals surface area contributed by atoms with E-state index in [9.17, 15) is 14.4 Å². The lowest BCUT2D eigenvalue weighted by Crippen LogP contribution is -2.58. The molecule has 0 aliphatic rings. The van der Waals surface area contributed by atoms with Crippen LogP contribution in [0.4, 0.5) is 4.79 Å². The standard InChI is InChI=1S/C28H59NO10Si5/c1-15-18-21-40(5,6)36-42(9,10)38-44(13,14)39-43(11,12)37-41(7,8)22-19-20-33-27(32)29-28(4,23-34-25(30)16-2)24-35-26(31)17-3/h16-17H,2-3,15,18-24H2,1,4-14H3,(H,29,32). The topological polar surface area (TPSA) is 128 Å².